The molecule has 0 aliphatic carbocycles. The van der Waals surface area contributed by atoms with E-state index in [9.17, 15) is 4.79 Å². The molecule has 1 atom stereocenters. The molecule has 1 aromatic rings. The van der Waals surface area contributed by atoms with Crippen molar-refractivity contribution in [2.24, 2.45) is 0 Å². The zero-order valence-electron chi connectivity index (χ0n) is 9.85. The van der Waals surface area contributed by atoms with Crippen molar-refractivity contribution < 1.29 is 9.90 Å². The lowest BCUT2D eigenvalue weighted by molar-refractivity contribution is -0.120. The topological polar surface area (TPSA) is 65.5 Å². The Morgan fingerprint density at radius 1 is 1.65 bits per heavy atom. The zero-order valence-corrected chi connectivity index (χ0v) is 10.6. The van der Waals surface area contributed by atoms with E-state index in [0.717, 1.165) is 0 Å². The Balaban J connectivity index is 2.56. The van der Waals surface area contributed by atoms with Crippen molar-refractivity contribution in [3.8, 4) is 0 Å². The summed E-state index contributed by atoms with van der Waals surface area (Å²) in [7, 11) is 1.77. The van der Waals surface area contributed by atoms with Gasteiger partial charge in [0.25, 0.3) is 0 Å². The van der Waals surface area contributed by atoms with Gasteiger partial charge in [0.15, 0.2) is 0 Å². The number of carbonyl (C=O) groups is 1. The summed E-state index contributed by atoms with van der Waals surface area (Å²) in [5.41, 5.74) is 0. The van der Waals surface area contributed by atoms with Crippen molar-refractivity contribution in [3.05, 3.63) is 23.4 Å². The van der Waals surface area contributed by atoms with Crippen LogP contribution in [0.1, 0.15) is 6.92 Å². The minimum absolute atomic E-state index is 0.0211. The van der Waals surface area contributed by atoms with E-state index in [1.54, 1.807) is 31.0 Å². The molecule has 2 N–H and O–H groups in total. The van der Waals surface area contributed by atoms with E-state index >= 15 is 0 Å². The molecule has 0 saturated heterocycles. The third kappa shape index (κ3) is 4.30. The van der Waals surface area contributed by atoms with Gasteiger partial charge in [-0.05, 0) is 26.1 Å². The molecule has 6 heteroatoms. The van der Waals surface area contributed by atoms with Crippen LogP contribution in [-0.4, -0.2) is 47.1 Å². The Bertz CT molecular complexity index is 369. The second kappa shape index (κ2) is 6.54. The molecule has 0 bridgehead atoms. The number of hydrogen-bond acceptors (Lipinski definition) is 4. The van der Waals surface area contributed by atoms with Crippen molar-refractivity contribution >= 4 is 23.3 Å². The summed E-state index contributed by atoms with van der Waals surface area (Å²) < 4.78 is 0. The number of nitrogens with one attached hydrogen (secondary N) is 1. The number of hydrogen-bond donors (Lipinski definition) is 2. The van der Waals surface area contributed by atoms with Gasteiger partial charge in [0.1, 0.15) is 5.82 Å². The van der Waals surface area contributed by atoms with E-state index in [0.29, 0.717) is 17.4 Å². The van der Waals surface area contributed by atoms with Crippen molar-refractivity contribution in [1.82, 2.24) is 9.88 Å². The van der Waals surface area contributed by atoms with E-state index in [1.807, 2.05) is 0 Å². The molecule has 5 nitrogen and oxygen atoms in total. The molecule has 0 aromatic carbocycles. The lowest BCUT2D eigenvalue weighted by Crippen LogP contribution is -2.41. The highest BCUT2D eigenvalue weighted by Crippen LogP contribution is 2.10. The molecule has 17 heavy (non-hydrogen) atoms. The molecule has 1 unspecified atom stereocenters. The summed E-state index contributed by atoms with van der Waals surface area (Å²) >= 11 is 5.69. The maximum absolute atomic E-state index is 11.8. The number of likely N-dealkylation sites (N-methyl/N-ethyl adjacent to an activating group) is 1. The molecular weight excluding hydrogens is 242 g/mol. The lowest BCUT2D eigenvalue weighted by atomic mass is 10.2. The Morgan fingerprint density at radius 2 is 2.35 bits per heavy atom. The molecule has 0 radical (unpaired) electrons. The predicted octanol–water partition coefficient (Wildman–Crippen LogP) is 0.986. The van der Waals surface area contributed by atoms with Crippen molar-refractivity contribution in [1.29, 1.82) is 0 Å². The Kier molecular flexibility index (Phi) is 5.34. The number of aromatic nitrogens is 1. The Hall–Kier alpha value is -1.17. The van der Waals surface area contributed by atoms with Gasteiger partial charge >= 0.3 is 0 Å². The van der Waals surface area contributed by atoms with E-state index in [1.165, 1.54) is 6.20 Å². The van der Waals surface area contributed by atoms with Gasteiger partial charge in [0.2, 0.25) is 5.91 Å². The first-order chi connectivity index (χ1) is 8.04. The number of halogens is 1. The number of amides is 1. The summed E-state index contributed by atoms with van der Waals surface area (Å²) in [6.07, 6.45) is 1.47. The number of anilines is 1. The minimum Gasteiger partial charge on any atom is -0.395 e. The first-order valence-electron chi connectivity index (χ1n) is 5.28. The van der Waals surface area contributed by atoms with Gasteiger partial charge in [0, 0.05) is 12.7 Å². The summed E-state index contributed by atoms with van der Waals surface area (Å²) in [5, 5.41) is 12.0. The van der Waals surface area contributed by atoms with Crippen molar-refractivity contribution in [3.63, 3.8) is 0 Å². The average Bonchev–Trinajstić information content (AvgIpc) is 2.31. The third-order valence-electron chi connectivity index (χ3n) is 2.47. The predicted molar refractivity (Wildman–Crippen MR) is 67.1 cm³/mol. The number of aliphatic hydroxyl groups is 1. The van der Waals surface area contributed by atoms with Gasteiger partial charge in [-0.15, -0.1) is 0 Å². The molecule has 0 aliphatic heterocycles. The fraction of sp³-hybridized carbons (Fsp3) is 0.455. The fourth-order valence-corrected chi connectivity index (χ4v) is 1.34. The second-order valence-electron chi connectivity index (χ2n) is 3.73. The normalized spacial score (nSPS) is 12.5. The van der Waals surface area contributed by atoms with Crippen LogP contribution in [-0.2, 0) is 4.79 Å². The molecule has 0 fully saturated rings. The first-order valence-corrected chi connectivity index (χ1v) is 5.66. The largest absolute Gasteiger partial charge is 0.395 e. The molecule has 94 valence electrons. The minimum atomic E-state index is -0.334. The number of carbonyl (C=O) groups excluding carboxylic acids is 1. The van der Waals surface area contributed by atoms with Gasteiger partial charge in [-0.3, -0.25) is 9.69 Å². The van der Waals surface area contributed by atoms with Gasteiger partial charge in [0.05, 0.1) is 17.7 Å². The van der Waals surface area contributed by atoms with Crippen LogP contribution in [0, 0.1) is 0 Å². The smallest absolute Gasteiger partial charge is 0.242 e. The van der Waals surface area contributed by atoms with Crippen LogP contribution in [0.4, 0.5) is 5.82 Å². The molecule has 0 aliphatic rings. The Morgan fingerprint density at radius 3 is 2.88 bits per heavy atom. The number of pyridine rings is 1. The zero-order chi connectivity index (χ0) is 12.8. The number of aliphatic hydroxyl groups excluding tert-OH is 1. The molecule has 1 heterocycles. The first kappa shape index (κ1) is 13.9. The summed E-state index contributed by atoms with van der Waals surface area (Å²) in [4.78, 5) is 17.5. The summed E-state index contributed by atoms with van der Waals surface area (Å²) in [5.74, 6) is 0.291. The van der Waals surface area contributed by atoms with E-state index in [-0.39, 0.29) is 18.6 Å². The van der Waals surface area contributed by atoms with E-state index < -0.39 is 0 Å². The highest BCUT2D eigenvalue weighted by molar-refractivity contribution is 6.30. The van der Waals surface area contributed by atoms with E-state index in [4.69, 9.17) is 16.7 Å². The van der Waals surface area contributed by atoms with Crippen LogP contribution >= 0.6 is 11.6 Å². The molecule has 1 rings (SSSR count). The maximum Gasteiger partial charge on any atom is 0.242 e. The molecular formula is C11H16ClN3O2. The number of nitrogens with zero attached hydrogens (tertiary/aromatic N) is 2. The summed E-state index contributed by atoms with van der Waals surface area (Å²) in [6, 6.07) is 2.96. The SMILES string of the molecule is CC(C(=O)Nc1ccc(Cl)cn1)N(C)CCO. The van der Waals surface area contributed by atoms with Crippen LogP contribution in [0.3, 0.4) is 0 Å². The lowest BCUT2D eigenvalue weighted by Gasteiger charge is -2.22. The maximum atomic E-state index is 11.8. The molecule has 1 aromatic heterocycles. The van der Waals surface area contributed by atoms with Gasteiger partial charge in [-0.2, -0.15) is 0 Å². The highest BCUT2D eigenvalue weighted by Gasteiger charge is 2.17. The van der Waals surface area contributed by atoms with Gasteiger partial charge in [-0.25, -0.2) is 4.98 Å². The quantitative estimate of drug-likeness (QED) is 0.826. The van der Waals surface area contributed by atoms with Crippen LogP contribution < -0.4 is 5.32 Å². The van der Waals surface area contributed by atoms with Crippen molar-refractivity contribution in [2.75, 3.05) is 25.5 Å². The standard InChI is InChI=1S/C11H16ClN3O2/c1-8(15(2)5-6-16)11(17)14-10-4-3-9(12)7-13-10/h3-4,7-8,16H,5-6H2,1-2H3,(H,13,14,17). The molecule has 0 saturated carbocycles. The summed E-state index contributed by atoms with van der Waals surface area (Å²) in [6.45, 7) is 2.23. The van der Waals surface area contributed by atoms with Gasteiger partial charge in [-0.1, -0.05) is 11.6 Å². The van der Waals surface area contributed by atoms with Crippen LogP contribution in [0.2, 0.25) is 5.02 Å². The van der Waals surface area contributed by atoms with E-state index in [2.05, 4.69) is 10.3 Å². The average molecular weight is 258 g/mol. The molecule has 1 amide bonds. The number of rotatable bonds is 5. The highest BCUT2D eigenvalue weighted by atomic mass is 35.5. The molecule has 0 spiro atoms. The third-order valence-corrected chi connectivity index (χ3v) is 2.70. The van der Waals surface area contributed by atoms with Crippen LogP contribution in [0.5, 0.6) is 0 Å². The van der Waals surface area contributed by atoms with Crippen LogP contribution in [0.25, 0.3) is 0 Å². The fourth-order valence-electron chi connectivity index (χ4n) is 1.23. The second-order valence-corrected chi connectivity index (χ2v) is 4.17. The monoisotopic (exact) mass is 257 g/mol. The van der Waals surface area contributed by atoms with Crippen molar-refractivity contribution in [2.45, 2.75) is 13.0 Å². The van der Waals surface area contributed by atoms with Gasteiger partial charge < -0.3 is 10.4 Å². The Labute approximate surface area is 105 Å². The van der Waals surface area contributed by atoms with Crippen LogP contribution in [0.15, 0.2) is 18.3 Å².